The molecule has 0 saturated carbocycles. The molecular formula is C25H37NO9. The minimum Gasteiger partial charge on any atom is -0.477 e. The van der Waals surface area contributed by atoms with E-state index >= 15 is 0 Å². The van der Waals surface area contributed by atoms with Crippen LogP contribution < -0.4 is 14.8 Å². The van der Waals surface area contributed by atoms with Crippen LogP contribution in [0.1, 0.15) is 79.2 Å². The number of rotatable bonds is 14. The molecule has 0 aromatic heterocycles. The Balaban J connectivity index is 3.42. The predicted molar refractivity (Wildman–Crippen MR) is 127 cm³/mol. The second-order valence-corrected chi connectivity index (χ2v) is 8.51. The molecule has 0 amide bonds. The number of ether oxygens (including phenoxy) is 4. The largest absolute Gasteiger partial charge is 0.510 e. The third-order valence-electron chi connectivity index (χ3n) is 4.84. The van der Waals surface area contributed by atoms with Crippen LogP contribution in [0.5, 0.6) is 11.5 Å². The Hall–Kier alpha value is -3.14. The molecule has 2 atom stereocenters. The Morgan fingerprint density at radius 2 is 1.51 bits per heavy atom. The molecule has 0 aliphatic rings. The lowest BCUT2D eigenvalue weighted by atomic mass is 10.00. The van der Waals surface area contributed by atoms with Gasteiger partial charge in [-0.3, -0.25) is 14.9 Å². The number of carboxylic acids is 1. The molecule has 35 heavy (non-hydrogen) atoms. The van der Waals surface area contributed by atoms with Crippen molar-refractivity contribution in [3.8, 4) is 11.5 Å². The second-order valence-electron chi connectivity index (χ2n) is 8.51. The highest BCUT2D eigenvalue weighted by atomic mass is 16.7. The molecule has 1 rings (SSSR count). The molecule has 10 heteroatoms. The molecule has 0 aliphatic heterocycles. The maximum atomic E-state index is 12.4. The summed E-state index contributed by atoms with van der Waals surface area (Å²) < 4.78 is 21.0. The van der Waals surface area contributed by atoms with Crippen LogP contribution in [0.15, 0.2) is 18.2 Å². The molecule has 0 aliphatic carbocycles. The van der Waals surface area contributed by atoms with Crippen LogP contribution in [0.3, 0.4) is 0 Å². The van der Waals surface area contributed by atoms with Crippen LogP contribution in [0.2, 0.25) is 0 Å². The number of carbonyl (C=O) groups excluding carboxylic acids is 3. The highest BCUT2D eigenvalue weighted by Crippen LogP contribution is 2.31. The van der Waals surface area contributed by atoms with Crippen LogP contribution in [0, 0.1) is 0 Å². The molecule has 10 nitrogen and oxygen atoms in total. The molecule has 0 fully saturated rings. The molecular weight excluding hydrogens is 458 g/mol. The Morgan fingerprint density at radius 3 is 2.00 bits per heavy atom. The third kappa shape index (κ3) is 9.94. The van der Waals surface area contributed by atoms with Crippen molar-refractivity contribution < 1.29 is 43.2 Å². The van der Waals surface area contributed by atoms with Gasteiger partial charge in [0.2, 0.25) is 0 Å². The van der Waals surface area contributed by atoms with Crippen LogP contribution in [-0.2, 0) is 30.3 Å². The lowest BCUT2D eigenvalue weighted by Crippen LogP contribution is -2.59. The van der Waals surface area contributed by atoms with Gasteiger partial charge in [0, 0.05) is 25.3 Å². The van der Waals surface area contributed by atoms with Gasteiger partial charge in [-0.25, -0.2) is 9.59 Å². The van der Waals surface area contributed by atoms with E-state index < -0.39 is 35.9 Å². The van der Waals surface area contributed by atoms with Crippen molar-refractivity contribution in [3.05, 3.63) is 23.8 Å². The van der Waals surface area contributed by atoms with Gasteiger partial charge in [-0.1, -0.05) is 26.8 Å². The summed E-state index contributed by atoms with van der Waals surface area (Å²) in [6, 6.07) is 4.00. The van der Waals surface area contributed by atoms with Crippen molar-refractivity contribution in [2.75, 3.05) is 0 Å². The summed E-state index contributed by atoms with van der Waals surface area (Å²) in [5, 5.41) is 12.9. The first-order valence-electron chi connectivity index (χ1n) is 11.9. The number of benzene rings is 1. The number of nitrogens with one attached hydrogen (secondary N) is 1. The van der Waals surface area contributed by atoms with E-state index in [4.69, 9.17) is 18.9 Å². The fourth-order valence-electron chi connectivity index (χ4n) is 3.03. The Bertz CT molecular complexity index is 884. The number of hydrogen-bond donors (Lipinski definition) is 2. The van der Waals surface area contributed by atoms with E-state index in [0.29, 0.717) is 24.8 Å². The van der Waals surface area contributed by atoms with Gasteiger partial charge in [-0.2, -0.15) is 0 Å². The number of aliphatic carboxylic acids is 1. The van der Waals surface area contributed by atoms with E-state index in [1.165, 1.54) is 18.2 Å². The first kappa shape index (κ1) is 29.9. The van der Waals surface area contributed by atoms with Crippen LogP contribution in [0.4, 0.5) is 4.79 Å². The van der Waals surface area contributed by atoms with Crippen molar-refractivity contribution in [1.29, 1.82) is 0 Å². The number of hydrogen-bond acceptors (Lipinski definition) is 9. The zero-order chi connectivity index (χ0) is 26.6. The monoisotopic (exact) mass is 495 g/mol. The average Bonchev–Trinajstić information content (AvgIpc) is 2.74. The average molecular weight is 496 g/mol. The van der Waals surface area contributed by atoms with Crippen molar-refractivity contribution in [2.45, 2.75) is 97.9 Å². The zero-order valence-corrected chi connectivity index (χ0v) is 21.3. The summed E-state index contributed by atoms with van der Waals surface area (Å²) in [6.45, 7) is 10.5. The smallest absolute Gasteiger partial charge is 0.477 e. The van der Waals surface area contributed by atoms with Crippen molar-refractivity contribution >= 4 is 24.1 Å². The topological polar surface area (TPSA) is 137 Å². The Kier molecular flexibility index (Phi) is 12.2. The number of esters is 2. The van der Waals surface area contributed by atoms with E-state index in [0.717, 1.165) is 0 Å². The van der Waals surface area contributed by atoms with E-state index in [9.17, 15) is 24.3 Å². The normalized spacial score (nSPS) is 13.5. The van der Waals surface area contributed by atoms with E-state index in [1.807, 2.05) is 20.8 Å². The van der Waals surface area contributed by atoms with Crippen molar-refractivity contribution in [3.63, 3.8) is 0 Å². The summed E-state index contributed by atoms with van der Waals surface area (Å²) in [5.41, 5.74) is -1.80. The summed E-state index contributed by atoms with van der Waals surface area (Å²) in [6.07, 6.45) is 0.0368. The first-order valence-corrected chi connectivity index (χ1v) is 11.9. The lowest BCUT2D eigenvalue weighted by molar-refractivity contribution is -0.167. The lowest BCUT2D eigenvalue weighted by Gasteiger charge is -2.32. The van der Waals surface area contributed by atoms with E-state index in [2.05, 4.69) is 5.32 Å². The quantitative estimate of drug-likeness (QED) is 0.217. The maximum Gasteiger partial charge on any atom is 0.510 e. The molecule has 0 saturated heterocycles. The minimum absolute atomic E-state index is 0.0296. The molecule has 1 aromatic rings. The fourth-order valence-corrected chi connectivity index (χ4v) is 3.03. The third-order valence-corrected chi connectivity index (χ3v) is 4.84. The zero-order valence-electron chi connectivity index (χ0n) is 21.3. The number of carbonyl (C=O) groups is 4. The predicted octanol–water partition coefficient (Wildman–Crippen LogP) is 4.37. The molecule has 0 radical (unpaired) electrons. The molecule has 1 aromatic carbocycles. The highest BCUT2D eigenvalue weighted by molar-refractivity contribution is 5.81. The summed E-state index contributed by atoms with van der Waals surface area (Å²) >= 11 is 0. The molecule has 0 spiro atoms. The van der Waals surface area contributed by atoms with Gasteiger partial charge in [0.25, 0.3) is 5.72 Å². The number of carboxylic acid groups (broad SMARTS) is 1. The SMILES string of the molecule is CCCC(=O)Oc1ccc(C[C@](NC(C)CC)(OC(=O)OC(C)C)C(=O)O)cc1OC(=O)CCC. The van der Waals surface area contributed by atoms with Gasteiger partial charge < -0.3 is 24.1 Å². The second kappa shape index (κ2) is 14.3. The summed E-state index contributed by atoms with van der Waals surface area (Å²) in [4.78, 5) is 48.8. The maximum absolute atomic E-state index is 12.4. The van der Waals surface area contributed by atoms with Gasteiger partial charge in [0.15, 0.2) is 11.5 Å². The Morgan fingerprint density at radius 1 is 0.943 bits per heavy atom. The first-order chi connectivity index (χ1) is 16.5. The molecule has 2 N–H and O–H groups in total. The van der Waals surface area contributed by atoms with Gasteiger partial charge in [0.1, 0.15) is 0 Å². The van der Waals surface area contributed by atoms with Gasteiger partial charge in [-0.15, -0.1) is 0 Å². The highest BCUT2D eigenvalue weighted by Gasteiger charge is 2.45. The fraction of sp³-hybridized carbons (Fsp3) is 0.600. The van der Waals surface area contributed by atoms with Gasteiger partial charge in [0.05, 0.1) is 6.10 Å². The van der Waals surface area contributed by atoms with Crippen molar-refractivity contribution in [2.24, 2.45) is 0 Å². The minimum atomic E-state index is -2.16. The van der Waals surface area contributed by atoms with E-state index in [1.54, 1.807) is 20.8 Å². The van der Waals surface area contributed by atoms with Crippen LogP contribution in [-0.4, -0.2) is 47.0 Å². The van der Waals surface area contributed by atoms with Gasteiger partial charge in [-0.05, 0) is 57.7 Å². The van der Waals surface area contributed by atoms with Crippen LogP contribution >= 0.6 is 0 Å². The molecule has 0 bridgehead atoms. The molecule has 0 heterocycles. The van der Waals surface area contributed by atoms with E-state index in [-0.39, 0.29) is 36.8 Å². The molecule has 196 valence electrons. The van der Waals surface area contributed by atoms with Crippen molar-refractivity contribution in [1.82, 2.24) is 5.32 Å². The van der Waals surface area contributed by atoms with Gasteiger partial charge >= 0.3 is 24.1 Å². The summed E-state index contributed by atoms with van der Waals surface area (Å²) in [5.74, 6) is -2.45. The van der Waals surface area contributed by atoms with Crippen LogP contribution in [0.25, 0.3) is 0 Å². The molecule has 1 unspecified atom stereocenters. The Labute approximate surface area is 206 Å². The standard InChI is InChI=1S/C25H37NO9/c1-7-10-21(27)33-19-13-12-18(14-20(19)34-22(28)11-8-2)15-25(23(29)30,26-17(6)9-3)35-24(31)32-16(4)5/h12-14,16-17,26H,7-11,15H2,1-6H3,(H,29,30)/t17?,25-/m0/s1. The summed E-state index contributed by atoms with van der Waals surface area (Å²) in [7, 11) is 0.